The standard InChI is InChI=1S/C17H17BrO2/c1-11(19)16-9-14(18)6-7-17(16)20-10-13-8-12-4-2-3-5-15(12)13/h2-7,9,11,13,19H,8,10H2,1H3. The zero-order valence-corrected chi connectivity index (χ0v) is 12.9. The van der Waals surface area contributed by atoms with E-state index in [2.05, 4.69) is 40.2 Å². The van der Waals surface area contributed by atoms with Crippen LogP contribution in [-0.4, -0.2) is 11.7 Å². The molecule has 3 heteroatoms. The van der Waals surface area contributed by atoms with Crippen LogP contribution in [0.1, 0.15) is 35.6 Å². The molecule has 0 saturated heterocycles. The second-order valence-electron chi connectivity index (χ2n) is 5.27. The molecule has 1 aliphatic carbocycles. The highest BCUT2D eigenvalue weighted by Crippen LogP contribution is 2.36. The van der Waals surface area contributed by atoms with Crippen molar-refractivity contribution in [3.8, 4) is 5.75 Å². The van der Waals surface area contributed by atoms with Crippen LogP contribution in [0.2, 0.25) is 0 Å². The molecule has 2 aromatic carbocycles. The molecule has 2 atom stereocenters. The van der Waals surface area contributed by atoms with Crippen molar-refractivity contribution in [2.75, 3.05) is 6.61 Å². The molecule has 0 amide bonds. The molecule has 0 saturated carbocycles. The zero-order valence-electron chi connectivity index (χ0n) is 11.3. The lowest BCUT2D eigenvalue weighted by Gasteiger charge is -2.30. The predicted molar refractivity (Wildman–Crippen MR) is 83.2 cm³/mol. The fraction of sp³-hybridized carbons (Fsp3) is 0.294. The Kier molecular flexibility index (Phi) is 3.81. The Hall–Kier alpha value is -1.32. The summed E-state index contributed by atoms with van der Waals surface area (Å²) in [4.78, 5) is 0. The Bertz CT molecular complexity index is 622. The first-order valence-electron chi connectivity index (χ1n) is 6.83. The molecule has 0 aromatic heterocycles. The molecule has 2 unspecified atom stereocenters. The molecule has 0 bridgehead atoms. The van der Waals surface area contributed by atoms with Gasteiger partial charge < -0.3 is 9.84 Å². The van der Waals surface area contributed by atoms with E-state index in [0.717, 1.165) is 22.2 Å². The second-order valence-corrected chi connectivity index (χ2v) is 6.18. The molecule has 1 aliphatic rings. The molecular formula is C17H17BrO2. The first-order valence-corrected chi connectivity index (χ1v) is 7.62. The van der Waals surface area contributed by atoms with Gasteiger partial charge in [0.15, 0.2) is 0 Å². The van der Waals surface area contributed by atoms with Gasteiger partial charge in [0.2, 0.25) is 0 Å². The summed E-state index contributed by atoms with van der Waals surface area (Å²) in [5.74, 6) is 1.24. The highest BCUT2D eigenvalue weighted by molar-refractivity contribution is 9.10. The maximum atomic E-state index is 9.82. The van der Waals surface area contributed by atoms with Crippen molar-refractivity contribution in [3.05, 3.63) is 63.6 Å². The summed E-state index contributed by atoms with van der Waals surface area (Å²) in [5, 5.41) is 9.82. The summed E-state index contributed by atoms with van der Waals surface area (Å²) < 4.78 is 6.89. The summed E-state index contributed by atoms with van der Waals surface area (Å²) in [7, 11) is 0. The number of aliphatic hydroxyl groups excluding tert-OH is 1. The second kappa shape index (κ2) is 5.58. The minimum Gasteiger partial charge on any atom is -0.493 e. The van der Waals surface area contributed by atoms with Crippen LogP contribution in [0.5, 0.6) is 5.75 Å². The summed E-state index contributed by atoms with van der Waals surface area (Å²) in [6.07, 6.45) is 0.549. The average Bonchev–Trinajstić information content (AvgIpc) is 2.41. The van der Waals surface area contributed by atoms with Crippen LogP contribution in [-0.2, 0) is 6.42 Å². The summed E-state index contributed by atoms with van der Waals surface area (Å²) in [6.45, 7) is 2.42. The zero-order chi connectivity index (χ0) is 14.1. The molecule has 0 fully saturated rings. The van der Waals surface area contributed by atoms with E-state index in [1.165, 1.54) is 11.1 Å². The highest BCUT2D eigenvalue weighted by atomic mass is 79.9. The lowest BCUT2D eigenvalue weighted by atomic mass is 9.78. The molecular weight excluding hydrogens is 316 g/mol. The summed E-state index contributed by atoms with van der Waals surface area (Å²) in [6, 6.07) is 14.3. The topological polar surface area (TPSA) is 29.5 Å². The molecule has 0 radical (unpaired) electrons. The molecule has 2 aromatic rings. The van der Waals surface area contributed by atoms with E-state index in [1.54, 1.807) is 6.92 Å². The van der Waals surface area contributed by atoms with Crippen LogP contribution >= 0.6 is 15.9 Å². The minimum absolute atomic E-state index is 0.469. The van der Waals surface area contributed by atoms with Crippen molar-refractivity contribution in [1.29, 1.82) is 0 Å². The van der Waals surface area contributed by atoms with E-state index in [4.69, 9.17) is 4.74 Å². The van der Waals surface area contributed by atoms with E-state index in [-0.39, 0.29) is 0 Å². The van der Waals surface area contributed by atoms with E-state index >= 15 is 0 Å². The molecule has 0 spiro atoms. The summed E-state index contributed by atoms with van der Waals surface area (Å²) >= 11 is 3.42. The van der Waals surface area contributed by atoms with Gasteiger partial charge >= 0.3 is 0 Å². The van der Waals surface area contributed by atoms with Crippen LogP contribution in [0.3, 0.4) is 0 Å². The maximum Gasteiger partial charge on any atom is 0.125 e. The van der Waals surface area contributed by atoms with Crippen molar-refractivity contribution in [2.45, 2.75) is 25.4 Å². The van der Waals surface area contributed by atoms with Gasteiger partial charge in [-0.3, -0.25) is 0 Å². The number of halogens is 1. The van der Waals surface area contributed by atoms with Gasteiger partial charge in [0.05, 0.1) is 12.7 Å². The fourth-order valence-electron chi connectivity index (χ4n) is 2.68. The number of hydrogen-bond acceptors (Lipinski definition) is 2. The predicted octanol–water partition coefficient (Wildman–Crippen LogP) is 4.22. The third-order valence-electron chi connectivity index (χ3n) is 3.82. The lowest BCUT2D eigenvalue weighted by Crippen LogP contribution is -2.23. The lowest BCUT2D eigenvalue weighted by molar-refractivity contribution is 0.188. The molecule has 3 rings (SSSR count). The molecule has 0 heterocycles. The van der Waals surface area contributed by atoms with Crippen LogP contribution in [0, 0.1) is 0 Å². The van der Waals surface area contributed by atoms with Gasteiger partial charge in [-0.2, -0.15) is 0 Å². The van der Waals surface area contributed by atoms with Crippen molar-refractivity contribution >= 4 is 15.9 Å². The number of fused-ring (bicyclic) bond motifs is 1. The number of rotatable bonds is 4. The Morgan fingerprint density at radius 3 is 2.85 bits per heavy atom. The third kappa shape index (κ3) is 2.60. The van der Waals surface area contributed by atoms with Crippen molar-refractivity contribution in [1.82, 2.24) is 0 Å². The Morgan fingerprint density at radius 1 is 1.30 bits per heavy atom. The Labute approximate surface area is 127 Å². The van der Waals surface area contributed by atoms with E-state index in [1.807, 2.05) is 18.2 Å². The maximum absolute atomic E-state index is 9.82. The monoisotopic (exact) mass is 332 g/mol. The van der Waals surface area contributed by atoms with E-state index in [0.29, 0.717) is 12.5 Å². The molecule has 0 aliphatic heterocycles. The molecule has 104 valence electrons. The smallest absolute Gasteiger partial charge is 0.125 e. The SMILES string of the molecule is CC(O)c1cc(Br)ccc1OCC1Cc2ccccc21. The van der Waals surface area contributed by atoms with Gasteiger partial charge in [0.25, 0.3) is 0 Å². The van der Waals surface area contributed by atoms with Gasteiger partial charge in [-0.15, -0.1) is 0 Å². The number of hydrogen-bond donors (Lipinski definition) is 1. The third-order valence-corrected chi connectivity index (χ3v) is 4.32. The van der Waals surface area contributed by atoms with Crippen LogP contribution in [0.4, 0.5) is 0 Å². The average molecular weight is 333 g/mol. The number of aliphatic hydroxyl groups is 1. The van der Waals surface area contributed by atoms with Crippen molar-refractivity contribution in [2.24, 2.45) is 0 Å². The minimum atomic E-state index is -0.531. The van der Waals surface area contributed by atoms with Crippen molar-refractivity contribution in [3.63, 3.8) is 0 Å². The van der Waals surface area contributed by atoms with Crippen molar-refractivity contribution < 1.29 is 9.84 Å². The van der Waals surface area contributed by atoms with Gasteiger partial charge in [-0.05, 0) is 42.7 Å². The summed E-state index contributed by atoms with van der Waals surface area (Å²) in [5.41, 5.74) is 3.64. The number of ether oxygens (including phenoxy) is 1. The first kappa shape index (κ1) is 13.7. The highest BCUT2D eigenvalue weighted by Gasteiger charge is 2.26. The number of benzene rings is 2. The fourth-order valence-corrected chi connectivity index (χ4v) is 3.06. The first-order chi connectivity index (χ1) is 9.65. The molecule has 2 nitrogen and oxygen atoms in total. The molecule has 20 heavy (non-hydrogen) atoms. The quantitative estimate of drug-likeness (QED) is 0.908. The largest absolute Gasteiger partial charge is 0.493 e. The molecule has 1 N–H and O–H groups in total. The van der Waals surface area contributed by atoms with Crippen LogP contribution < -0.4 is 4.74 Å². The van der Waals surface area contributed by atoms with Gasteiger partial charge in [-0.1, -0.05) is 40.2 Å². The van der Waals surface area contributed by atoms with E-state index in [9.17, 15) is 5.11 Å². The van der Waals surface area contributed by atoms with Gasteiger partial charge in [0.1, 0.15) is 5.75 Å². The normalized spacial score (nSPS) is 18.1. The van der Waals surface area contributed by atoms with E-state index < -0.39 is 6.10 Å². The van der Waals surface area contributed by atoms with Gasteiger partial charge in [-0.25, -0.2) is 0 Å². The van der Waals surface area contributed by atoms with Gasteiger partial charge in [0, 0.05) is 16.0 Å². The van der Waals surface area contributed by atoms with Crippen LogP contribution in [0.25, 0.3) is 0 Å². The Balaban J connectivity index is 1.71. The Morgan fingerprint density at radius 2 is 2.10 bits per heavy atom. The van der Waals surface area contributed by atoms with Crippen LogP contribution in [0.15, 0.2) is 46.9 Å².